The van der Waals surface area contributed by atoms with Crippen LogP contribution in [0.2, 0.25) is 0 Å². The van der Waals surface area contributed by atoms with Crippen LogP contribution in [0.1, 0.15) is 65.2 Å². The van der Waals surface area contributed by atoms with Gasteiger partial charge in [-0.2, -0.15) is 0 Å². The molecule has 116 valence electrons. The van der Waals surface area contributed by atoms with Gasteiger partial charge in [0.15, 0.2) is 0 Å². The van der Waals surface area contributed by atoms with Gasteiger partial charge in [-0.3, -0.25) is 4.79 Å². The summed E-state index contributed by atoms with van der Waals surface area (Å²) in [5.74, 6) is 1.73. The highest BCUT2D eigenvalue weighted by Gasteiger charge is 2.31. The molecule has 1 saturated heterocycles. The smallest absolute Gasteiger partial charge is 0.222 e. The second-order valence-electron chi connectivity index (χ2n) is 7.37. The monoisotopic (exact) mass is 280 g/mol. The van der Waals surface area contributed by atoms with Crippen LogP contribution in [0.25, 0.3) is 0 Å². The first-order valence-corrected chi connectivity index (χ1v) is 8.54. The van der Waals surface area contributed by atoms with Gasteiger partial charge in [0.1, 0.15) is 0 Å². The van der Waals surface area contributed by atoms with Gasteiger partial charge in [-0.15, -0.1) is 0 Å². The van der Waals surface area contributed by atoms with Crippen LogP contribution < -0.4 is 5.73 Å². The van der Waals surface area contributed by atoms with Crippen LogP contribution in [0.4, 0.5) is 0 Å². The van der Waals surface area contributed by atoms with Crippen molar-refractivity contribution >= 4 is 5.91 Å². The van der Waals surface area contributed by atoms with Gasteiger partial charge < -0.3 is 10.6 Å². The Labute approximate surface area is 124 Å². The third-order valence-electron chi connectivity index (χ3n) is 5.94. The second-order valence-corrected chi connectivity index (χ2v) is 7.37. The molecule has 2 rings (SSSR count). The number of nitrogens with zero attached hydrogens (tertiary/aromatic N) is 1. The molecule has 1 aliphatic carbocycles. The summed E-state index contributed by atoms with van der Waals surface area (Å²) in [6.45, 7) is 7.40. The van der Waals surface area contributed by atoms with Crippen molar-refractivity contribution in [1.29, 1.82) is 0 Å². The Balaban J connectivity index is 1.73. The van der Waals surface area contributed by atoms with Crippen LogP contribution in [0, 0.1) is 17.3 Å². The van der Waals surface area contributed by atoms with E-state index in [2.05, 4.69) is 18.7 Å². The van der Waals surface area contributed by atoms with Gasteiger partial charge in [-0.25, -0.2) is 0 Å². The van der Waals surface area contributed by atoms with E-state index in [1.165, 1.54) is 44.9 Å². The van der Waals surface area contributed by atoms with Crippen molar-refractivity contribution in [2.45, 2.75) is 65.2 Å². The molecule has 0 spiro atoms. The summed E-state index contributed by atoms with van der Waals surface area (Å²) < 4.78 is 0. The lowest BCUT2D eigenvalue weighted by Crippen LogP contribution is -2.42. The Morgan fingerprint density at radius 1 is 1.15 bits per heavy atom. The Morgan fingerprint density at radius 2 is 1.70 bits per heavy atom. The van der Waals surface area contributed by atoms with Crippen LogP contribution in [0.5, 0.6) is 0 Å². The maximum Gasteiger partial charge on any atom is 0.222 e. The Morgan fingerprint density at radius 3 is 2.20 bits per heavy atom. The number of hydrogen-bond acceptors (Lipinski definition) is 2. The number of hydrogen-bond donors (Lipinski definition) is 1. The first kappa shape index (κ1) is 15.8. The van der Waals surface area contributed by atoms with E-state index in [0.717, 1.165) is 26.1 Å². The van der Waals surface area contributed by atoms with Crippen LogP contribution in [-0.2, 0) is 4.79 Å². The normalized spacial score (nSPS) is 30.2. The summed E-state index contributed by atoms with van der Waals surface area (Å²) in [5.41, 5.74) is 6.20. The summed E-state index contributed by atoms with van der Waals surface area (Å²) in [7, 11) is 0. The SMILES string of the molecule is CCC1(C)CCN(C(=O)CC2CCC(CN)CC2)CC1. The zero-order valence-corrected chi connectivity index (χ0v) is 13.4. The molecule has 0 bridgehead atoms. The summed E-state index contributed by atoms with van der Waals surface area (Å²) in [6, 6.07) is 0. The van der Waals surface area contributed by atoms with E-state index in [0.29, 0.717) is 23.2 Å². The molecule has 20 heavy (non-hydrogen) atoms. The maximum absolute atomic E-state index is 12.4. The van der Waals surface area contributed by atoms with Crippen molar-refractivity contribution in [2.24, 2.45) is 23.0 Å². The van der Waals surface area contributed by atoms with Gasteiger partial charge in [-0.1, -0.05) is 20.3 Å². The van der Waals surface area contributed by atoms with Crippen LogP contribution in [0.3, 0.4) is 0 Å². The quantitative estimate of drug-likeness (QED) is 0.859. The average Bonchev–Trinajstić information content (AvgIpc) is 2.48. The topological polar surface area (TPSA) is 46.3 Å². The molecule has 0 atom stereocenters. The summed E-state index contributed by atoms with van der Waals surface area (Å²) in [4.78, 5) is 14.5. The molecule has 1 saturated carbocycles. The largest absolute Gasteiger partial charge is 0.343 e. The lowest BCUT2D eigenvalue weighted by Gasteiger charge is -2.39. The summed E-state index contributed by atoms with van der Waals surface area (Å²) in [5, 5.41) is 0. The van der Waals surface area contributed by atoms with Crippen molar-refractivity contribution in [3.05, 3.63) is 0 Å². The fourth-order valence-electron chi connectivity index (χ4n) is 3.70. The molecule has 1 amide bonds. The van der Waals surface area contributed by atoms with Gasteiger partial charge in [0.05, 0.1) is 0 Å². The number of amides is 1. The third-order valence-corrected chi connectivity index (χ3v) is 5.94. The second kappa shape index (κ2) is 6.93. The van der Waals surface area contributed by atoms with Crippen molar-refractivity contribution in [2.75, 3.05) is 19.6 Å². The molecule has 0 radical (unpaired) electrons. The van der Waals surface area contributed by atoms with Crippen LogP contribution >= 0.6 is 0 Å². The third kappa shape index (κ3) is 3.97. The first-order chi connectivity index (χ1) is 9.56. The number of rotatable bonds is 4. The highest BCUT2D eigenvalue weighted by molar-refractivity contribution is 5.76. The first-order valence-electron chi connectivity index (χ1n) is 8.54. The number of nitrogens with two attached hydrogens (primary N) is 1. The zero-order chi connectivity index (χ0) is 14.6. The predicted molar refractivity (Wildman–Crippen MR) is 83.3 cm³/mol. The number of carbonyl (C=O) groups excluding carboxylic acids is 1. The molecule has 1 aliphatic heterocycles. The molecule has 0 aromatic rings. The van der Waals surface area contributed by atoms with E-state index >= 15 is 0 Å². The molecule has 3 heteroatoms. The Hall–Kier alpha value is -0.570. The predicted octanol–water partition coefficient (Wildman–Crippen LogP) is 3.18. The maximum atomic E-state index is 12.4. The number of likely N-dealkylation sites (tertiary alicyclic amines) is 1. The molecule has 0 unspecified atom stereocenters. The Kier molecular flexibility index (Phi) is 5.48. The standard InChI is InChI=1S/C17H32N2O/c1-3-17(2)8-10-19(11-9-17)16(20)12-14-4-6-15(13-18)7-5-14/h14-15H,3-13,18H2,1-2H3. The molecule has 2 aliphatic rings. The lowest BCUT2D eigenvalue weighted by molar-refractivity contribution is -0.134. The summed E-state index contributed by atoms with van der Waals surface area (Å²) in [6.07, 6.45) is 9.22. The molecular weight excluding hydrogens is 248 g/mol. The fraction of sp³-hybridized carbons (Fsp3) is 0.941. The van der Waals surface area contributed by atoms with E-state index in [-0.39, 0.29) is 0 Å². The number of carbonyl (C=O) groups is 1. The highest BCUT2D eigenvalue weighted by atomic mass is 16.2. The van der Waals surface area contributed by atoms with Gasteiger partial charge >= 0.3 is 0 Å². The van der Waals surface area contributed by atoms with Crippen molar-refractivity contribution in [3.8, 4) is 0 Å². The lowest BCUT2D eigenvalue weighted by atomic mass is 9.77. The van der Waals surface area contributed by atoms with E-state index in [1.807, 2.05) is 0 Å². The minimum Gasteiger partial charge on any atom is -0.343 e. The molecule has 1 heterocycles. The molecule has 2 N–H and O–H groups in total. The highest BCUT2D eigenvalue weighted by Crippen LogP contribution is 2.35. The molecule has 0 aromatic carbocycles. The van der Waals surface area contributed by atoms with Crippen molar-refractivity contribution in [1.82, 2.24) is 4.90 Å². The van der Waals surface area contributed by atoms with Gasteiger partial charge in [0.2, 0.25) is 5.91 Å². The van der Waals surface area contributed by atoms with E-state index in [1.54, 1.807) is 0 Å². The van der Waals surface area contributed by atoms with Crippen LogP contribution in [0.15, 0.2) is 0 Å². The minimum absolute atomic E-state index is 0.402. The molecular formula is C17H32N2O. The van der Waals surface area contributed by atoms with E-state index in [4.69, 9.17) is 5.73 Å². The Bertz CT molecular complexity index is 313. The van der Waals surface area contributed by atoms with Gasteiger partial charge in [0, 0.05) is 19.5 Å². The van der Waals surface area contributed by atoms with Gasteiger partial charge in [-0.05, 0) is 62.3 Å². The van der Waals surface area contributed by atoms with Gasteiger partial charge in [0.25, 0.3) is 0 Å². The minimum atomic E-state index is 0.402. The van der Waals surface area contributed by atoms with Crippen molar-refractivity contribution < 1.29 is 4.79 Å². The van der Waals surface area contributed by atoms with E-state index in [9.17, 15) is 4.79 Å². The average molecular weight is 280 g/mol. The molecule has 2 fully saturated rings. The van der Waals surface area contributed by atoms with E-state index < -0.39 is 0 Å². The fourth-order valence-corrected chi connectivity index (χ4v) is 3.70. The zero-order valence-electron chi connectivity index (χ0n) is 13.4. The summed E-state index contributed by atoms with van der Waals surface area (Å²) >= 11 is 0. The van der Waals surface area contributed by atoms with Crippen molar-refractivity contribution in [3.63, 3.8) is 0 Å². The molecule has 0 aromatic heterocycles. The molecule has 3 nitrogen and oxygen atoms in total. The van der Waals surface area contributed by atoms with Crippen LogP contribution in [-0.4, -0.2) is 30.4 Å². The number of piperidine rings is 1.